The number of nitrogens with one attached hydrogen (secondary N) is 1. The van der Waals surface area contributed by atoms with E-state index in [0.29, 0.717) is 18.1 Å². The van der Waals surface area contributed by atoms with Gasteiger partial charge in [0.25, 0.3) is 5.24 Å². The monoisotopic (exact) mass is 353 g/mol. The molecule has 23 heavy (non-hydrogen) atoms. The highest BCUT2D eigenvalue weighted by molar-refractivity contribution is 8.15. The van der Waals surface area contributed by atoms with Crippen molar-refractivity contribution in [3.05, 3.63) is 29.3 Å². The Balaban J connectivity index is 1.53. The lowest BCUT2D eigenvalue weighted by atomic mass is 10.2. The highest BCUT2D eigenvalue weighted by Gasteiger charge is 2.34. The van der Waals surface area contributed by atoms with E-state index < -0.39 is 5.25 Å². The molecule has 0 unspecified atom stereocenters. The van der Waals surface area contributed by atoms with Crippen molar-refractivity contribution >= 4 is 46.1 Å². The van der Waals surface area contributed by atoms with Gasteiger partial charge in [0, 0.05) is 43.3 Å². The number of anilines is 1. The predicted molar refractivity (Wildman–Crippen MR) is 89.8 cm³/mol. The summed E-state index contributed by atoms with van der Waals surface area (Å²) in [5.74, 6) is -0.455. The average Bonchev–Trinajstić information content (AvgIpc) is 2.85. The van der Waals surface area contributed by atoms with Crippen molar-refractivity contribution in [2.45, 2.75) is 11.7 Å². The lowest BCUT2D eigenvalue weighted by Crippen LogP contribution is -2.49. The molecule has 3 rings (SSSR count). The van der Waals surface area contributed by atoms with E-state index in [1.165, 1.54) is 0 Å². The van der Waals surface area contributed by atoms with E-state index in [2.05, 4.69) is 10.2 Å². The standard InChI is InChI=1S/C15H16ClN3O3S/c16-10-2-1-3-11(8-10)18-4-6-19(7-5-18)13(20)9-12-14(21)17-15(22)23-12/h1-3,8,12H,4-7,9H2,(H,17,21,22)/t12-/m0/s1. The van der Waals surface area contributed by atoms with Gasteiger partial charge in [-0.2, -0.15) is 0 Å². The maximum absolute atomic E-state index is 12.3. The van der Waals surface area contributed by atoms with Gasteiger partial charge in [0.2, 0.25) is 11.8 Å². The van der Waals surface area contributed by atoms with E-state index in [1.54, 1.807) is 4.90 Å². The van der Waals surface area contributed by atoms with Crippen molar-refractivity contribution in [3.63, 3.8) is 0 Å². The van der Waals surface area contributed by atoms with Crippen LogP contribution in [-0.4, -0.2) is 53.4 Å². The largest absolute Gasteiger partial charge is 0.368 e. The first-order chi connectivity index (χ1) is 11.0. The molecule has 3 amide bonds. The third-order valence-corrected chi connectivity index (χ3v) is 5.15. The number of hydrogen-bond acceptors (Lipinski definition) is 5. The molecule has 0 bridgehead atoms. The van der Waals surface area contributed by atoms with E-state index in [0.717, 1.165) is 30.5 Å². The quantitative estimate of drug-likeness (QED) is 0.896. The van der Waals surface area contributed by atoms with Gasteiger partial charge in [-0.1, -0.05) is 29.4 Å². The topological polar surface area (TPSA) is 69.7 Å². The van der Waals surface area contributed by atoms with Gasteiger partial charge in [-0.15, -0.1) is 0 Å². The highest BCUT2D eigenvalue weighted by atomic mass is 35.5. The molecule has 0 saturated carbocycles. The first kappa shape index (κ1) is 16.1. The second-order valence-electron chi connectivity index (χ2n) is 5.44. The zero-order valence-electron chi connectivity index (χ0n) is 12.3. The molecule has 8 heteroatoms. The summed E-state index contributed by atoms with van der Waals surface area (Å²) in [6.45, 7) is 2.63. The number of carbonyl (C=O) groups excluding carboxylic acids is 3. The summed E-state index contributed by atoms with van der Waals surface area (Å²) in [7, 11) is 0. The molecule has 1 aromatic rings. The Bertz CT molecular complexity index is 647. The SMILES string of the molecule is O=C1NC(=O)[C@H](CC(=O)N2CCN(c3cccc(Cl)c3)CC2)S1. The van der Waals surface area contributed by atoms with Crippen molar-refractivity contribution < 1.29 is 14.4 Å². The van der Waals surface area contributed by atoms with Gasteiger partial charge in [-0.25, -0.2) is 0 Å². The van der Waals surface area contributed by atoms with Crippen LogP contribution in [0.25, 0.3) is 0 Å². The Labute approximate surface area is 143 Å². The summed E-state index contributed by atoms with van der Waals surface area (Å²) in [4.78, 5) is 38.9. The number of halogens is 1. The van der Waals surface area contributed by atoms with Crippen molar-refractivity contribution in [2.75, 3.05) is 31.1 Å². The second kappa shape index (κ2) is 6.80. The van der Waals surface area contributed by atoms with Crippen LogP contribution in [0.15, 0.2) is 24.3 Å². The Morgan fingerprint density at radius 2 is 2.00 bits per heavy atom. The van der Waals surface area contributed by atoms with Crippen molar-refractivity contribution in [3.8, 4) is 0 Å². The fourth-order valence-electron chi connectivity index (χ4n) is 2.70. The highest BCUT2D eigenvalue weighted by Crippen LogP contribution is 2.24. The number of hydrogen-bond donors (Lipinski definition) is 1. The molecule has 6 nitrogen and oxygen atoms in total. The molecule has 2 heterocycles. The Hall–Kier alpha value is -1.73. The molecule has 0 radical (unpaired) electrons. The summed E-state index contributed by atoms with van der Waals surface area (Å²) >= 11 is 6.90. The molecule has 2 aliphatic heterocycles. The lowest BCUT2D eigenvalue weighted by molar-refractivity contribution is -0.133. The number of benzene rings is 1. The van der Waals surface area contributed by atoms with Gasteiger partial charge in [0.1, 0.15) is 5.25 Å². The molecule has 0 aromatic heterocycles. The molecule has 2 aliphatic rings. The van der Waals surface area contributed by atoms with Crippen molar-refractivity contribution in [2.24, 2.45) is 0 Å². The average molecular weight is 354 g/mol. The van der Waals surface area contributed by atoms with E-state index in [4.69, 9.17) is 11.6 Å². The number of carbonyl (C=O) groups is 3. The molecule has 0 spiro atoms. The molecule has 1 aromatic carbocycles. The van der Waals surface area contributed by atoms with Crippen molar-refractivity contribution in [1.82, 2.24) is 10.2 Å². The van der Waals surface area contributed by atoms with Crippen molar-refractivity contribution in [1.29, 1.82) is 0 Å². The third kappa shape index (κ3) is 3.79. The molecule has 2 saturated heterocycles. The normalized spacial score (nSPS) is 21.5. The Kier molecular flexibility index (Phi) is 4.77. The number of rotatable bonds is 3. The first-order valence-electron chi connectivity index (χ1n) is 7.33. The zero-order chi connectivity index (χ0) is 16.4. The minimum absolute atomic E-state index is 0.0689. The zero-order valence-corrected chi connectivity index (χ0v) is 13.9. The minimum atomic E-state index is -0.596. The molecule has 1 atom stereocenters. The number of imide groups is 1. The number of thioether (sulfide) groups is 1. The molecule has 122 valence electrons. The van der Waals surface area contributed by atoms with Crippen LogP contribution >= 0.6 is 23.4 Å². The molecule has 2 fully saturated rings. The van der Waals surface area contributed by atoms with Crippen LogP contribution in [0.5, 0.6) is 0 Å². The van der Waals surface area contributed by atoms with Gasteiger partial charge in [-0.05, 0) is 18.2 Å². The van der Waals surface area contributed by atoms with E-state index in [1.807, 2.05) is 24.3 Å². The fourth-order valence-corrected chi connectivity index (χ4v) is 3.70. The minimum Gasteiger partial charge on any atom is -0.368 e. The van der Waals surface area contributed by atoms with Gasteiger partial charge < -0.3 is 9.80 Å². The van der Waals surface area contributed by atoms with Crippen LogP contribution in [0.2, 0.25) is 5.02 Å². The van der Waals surface area contributed by atoms with Crippen LogP contribution in [-0.2, 0) is 9.59 Å². The van der Waals surface area contributed by atoms with Gasteiger partial charge in [-0.3, -0.25) is 19.7 Å². The summed E-state index contributed by atoms with van der Waals surface area (Å²) in [5.41, 5.74) is 1.04. The van der Waals surface area contributed by atoms with Gasteiger partial charge in [0.15, 0.2) is 0 Å². The van der Waals surface area contributed by atoms with E-state index in [-0.39, 0.29) is 23.5 Å². The molecule has 1 N–H and O–H groups in total. The van der Waals surface area contributed by atoms with Gasteiger partial charge in [0.05, 0.1) is 0 Å². The lowest BCUT2D eigenvalue weighted by Gasteiger charge is -2.36. The molecular weight excluding hydrogens is 338 g/mol. The smallest absolute Gasteiger partial charge is 0.286 e. The fraction of sp³-hybridized carbons (Fsp3) is 0.400. The summed E-state index contributed by atoms with van der Waals surface area (Å²) in [5, 5.41) is 1.92. The van der Waals surface area contributed by atoms with E-state index >= 15 is 0 Å². The summed E-state index contributed by atoms with van der Waals surface area (Å²) < 4.78 is 0. The first-order valence-corrected chi connectivity index (χ1v) is 8.58. The molecular formula is C15H16ClN3O3S. The van der Waals surface area contributed by atoms with Crippen LogP contribution in [0.1, 0.15) is 6.42 Å². The van der Waals surface area contributed by atoms with Crippen LogP contribution in [0.4, 0.5) is 10.5 Å². The maximum Gasteiger partial charge on any atom is 0.286 e. The Morgan fingerprint density at radius 3 is 2.61 bits per heavy atom. The predicted octanol–water partition coefficient (Wildman–Crippen LogP) is 1.73. The van der Waals surface area contributed by atoms with Crippen LogP contribution in [0.3, 0.4) is 0 Å². The third-order valence-electron chi connectivity index (χ3n) is 3.93. The van der Waals surface area contributed by atoms with E-state index in [9.17, 15) is 14.4 Å². The summed E-state index contributed by atoms with van der Waals surface area (Å²) in [6.07, 6.45) is 0.0689. The number of piperazine rings is 1. The Morgan fingerprint density at radius 1 is 1.26 bits per heavy atom. The summed E-state index contributed by atoms with van der Waals surface area (Å²) in [6, 6.07) is 7.64. The number of amides is 3. The maximum atomic E-state index is 12.3. The second-order valence-corrected chi connectivity index (χ2v) is 7.05. The number of nitrogens with zero attached hydrogens (tertiary/aromatic N) is 2. The van der Waals surface area contributed by atoms with Gasteiger partial charge >= 0.3 is 0 Å². The molecule has 0 aliphatic carbocycles. The van der Waals surface area contributed by atoms with Crippen LogP contribution < -0.4 is 10.2 Å². The van der Waals surface area contributed by atoms with Crippen LogP contribution in [0, 0.1) is 0 Å².